The Labute approximate surface area is 205 Å². The van der Waals surface area contributed by atoms with Gasteiger partial charge in [-0.05, 0) is 37.3 Å². The van der Waals surface area contributed by atoms with Gasteiger partial charge >= 0.3 is 0 Å². The third-order valence-electron chi connectivity index (χ3n) is 5.73. The third kappa shape index (κ3) is 4.54. The number of imidazole rings is 1. The molecule has 6 rings (SSSR count). The average Bonchev–Trinajstić information content (AvgIpc) is 3.26. The van der Waals surface area contributed by atoms with Crippen LogP contribution in [0.5, 0.6) is 0 Å². The van der Waals surface area contributed by atoms with E-state index >= 15 is 0 Å². The summed E-state index contributed by atoms with van der Waals surface area (Å²) in [6.45, 7) is 2.24. The van der Waals surface area contributed by atoms with Crippen molar-refractivity contribution in [2.24, 2.45) is 0 Å². The van der Waals surface area contributed by atoms with Crippen molar-refractivity contribution in [2.45, 2.75) is 13.5 Å². The molecule has 0 bridgehead atoms. The first-order valence-corrected chi connectivity index (χ1v) is 11.3. The molecule has 0 atom stereocenters. The van der Waals surface area contributed by atoms with Gasteiger partial charge < -0.3 is 4.57 Å². The fourth-order valence-electron chi connectivity index (χ4n) is 4.01. The number of para-hydroxylation sites is 2. The molecule has 0 saturated carbocycles. The first-order valence-electron chi connectivity index (χ1n) is 10.9. The fourth-order valence-corrected chi connectivity index (χ4v) is 4.22. The molecule has 3 aromatic heterocycles. The second kappa shape index (κ2) is 9.48. The normalized spacial score (nSPS) is 10.9. The number of nitro benzene ring substituents is 1. The van der Waals surface area contributed by atoms with Crippen molar-refractivity contribution in [1.82, 2.24) is 19.5 Å². The van der Waals surface area contributed by atoms with Crippen molar-refractivity contribution in [2.75, 3.05) is 0 Å². The van der Waals surface area contributed by atoms with Crippen LogP contribution in [0.15, 0.2) is 91.4 Å². The molecule has 3 heterocycles. The lowest BCUT2D eigenvalue weighted by Gasteiger charge is -2.06. The van der Waals surface area contributed by atoms with Crippen LogP contribution in [0.2, 0.25) is 5.02 Å². The van der Waals surface area contributed by atoms with Gasteiger partial charge in [0.2, 0.25) is 0 Å². The van der Waals surface area contributed by atoms with Crippen LogP contribution in [0.1, 0.15) is 11.3 Å². The predicted octanol–water partition coefficient (Wildman–Crippen LogP) is 6.74. The van der Waals surface area contributed by atoms with Gasteiger partial charge in [0.1, 0.15) is 0 Å². The number of benzene rings is 3. The maximum absolute atomic E-state index is 11.3. The van der Waals surface area contributed by atoms with Gasteiger partial charge in [-0.25, -0.2) is 4.98 Å². The average molecular weight is 482 g/mol. The number of rotatable bonds is 3. The van der Waals surface area contributed by atoms with E-state index in [2.05, 4.69) is 15.0 Å². The third-order valence-corrected chi connectivity index (χ3v) is 6.06. The number of nitrogens with zero attached hydrogens (tertiary/aromatic N) is 5. The second-order valence-corrected chi connectivity index (χ2v) is 8.44. The van der Waals surface area contributed by atoms with Crippen LogP contribution in [0.3, 0.4) is 0 Å². The van der Waals surface area contributed by atoms with Gasteiger partial charge in [-0.2, -0.15) is 0 Å². The van der Waals surface area contributed by atoms with Gasteiger partial charge in [-0.3, -0.25) is 20.1 Å². The van der Waals surface area contributed by atoms with E-state index in [1.807, 2.05) is 71.3 Å². The summed E-state index contributed by atoms with van der Waals surface area (Å²) in [6, 6.07) is 25.2. The number of fused-ring (bicyclic) bond motifs is 3. The number of pyridine rings is 2. The molecule has 8 heteroatoms. The van der Waals surface area contributed by atoms with E-state index in [0.717, 1.165) is 38.0 Å². The number of aromatic nitrogens is 4. The molecule has 0 saturated heterocycles. The highest BCUT2D eigenvalue weighted by Gasteiger charge is 2.19. The minimum absolute atomic E-state index is 0.0673. The maximum atomic E-state index is 11.3. The van der Waals surface area contributed by atoms with Gasteiger partial charge in [0.15, 0.2) is 5.52 Å². The van der Waals surface area contributed by atoms with E-state index in [1.54, 1.807) is 31.6 Å². The highest BCUT2D eigenvalue weighted by atomic mass is 35.5. The molecule has 6 aromatic rings. The Kier molecular flexibility index (Phi) is 6.08. The quantitative estimate of drug-likeness (QED) is 0.206. The first-order chi connectivity index (χ1) is 17.0. The van der Waals surface area contributed by atoms with Crippen LogP contribution < -0.4 is 0 Å². The van der Waals surface area contributed by atoms with Gasteiger partial charge in [0.05, 0.1) is 45.1 Å². The standard InChI is InChI=1S/C18H14N4O2.C9H6ClN/c1-12-6-9-16-17(18(12)22(23)24)19-11-21(16)10-14-8-7-13-4-2-3-5-15(13)20-14;10-8-5-6-11-9-4-2-1-3-7(8)9/h2-9,11H,10H2,1H3;1-6H. The molecule has 0 fully saturated rings. The highest BCUT2D eigenvalue weighted by molar-refractivity contribution is 6.35. The van der Waals surface area contributed by atoms with E-state index in [0.29, 0.717) is 17.6 Å². The van der Waals surface area contributed by atoms with Gasteiger partial charge in [-0.1, -0.05) is 60.1 Å². The monoisotopic (exact) mass is 481 g/mol. The molecular formula is C27H20ClN5O2. The van der Waals surface area contributed by atoms with Gasteiger partial charge in [0.25, 0.3) is 5.69 Å². The Bertz CT molecular complexity index is 1690. The zero-order valence-corrected chi connectivity index (χ0v) is 19.6. The summed E-state index contributed by atoms with van der Waals surface area (Å²) >= 11 is 5.92. The van der Waals surface area contributed by atoms with Crippen LogP contribution in [0.4, 0.5) is 5.69 Å². The molecule has 0 aliphatic carbocycles. The van der Waals surface area contributed by atoms with Crippen molar-refractivity contribution in [3.63, 3.8) is 0 Å². The van der Waals surface area contributed by atoms with Crippen molar-refractivity contribution in [3.8, 4) is 0 Å². The lowest BCUT2D eigenvalue weighted by Crippen LogP contribution is -2.01. The Balaban J connectivity index is 0.000000192. The molecule has 0 radical (unpaired) electrons. The summed E-state index contributed by atoms with van der Waals surface area (Å²) in [5.41, 5.74) is 4.60. The van der Waals surface area contributed by atoms with E-state index in [9.17, 15) is 10.1 Å². The molecule has 0 unspecified atom stereocenters. The number of halogens is 1. The Morgan fingerprint density at radius 3 is 2.49 bits per heavy atom. The SMILES string of the molecule is Cc1ccc2c(ncn2Cc2ccc3ccccc3n2)c1[N+](=O)[O-].Clc1ccnc2ccccc12. The van der Waals surface area contributed by atoms with Gasteiger partial charge in [-0.15, -0.1) is 0 Å². The van der Waals surface area contributed by atoms with Crippen molar-refractivity contribution < 1.29 is 4.92 Å². The predicted molar refractivity (Wildman–Crippen MR) is 139 cm³/mol. The molecule has 0 amide bonds. The highest BCUT2D eigenvalue weighted by Crippen LogP contribution is 2.28. The maximum Gasteiger partial charge on any atom is 0.299 e. The molecule has 0 aliphatic heterocycles. The van der Waals surface area contributed by atoms with Crippen molar-refractivity contribution in [1.29, 1.82) is 0 Å². The zero-order chi connectivity index (χ0) is 24.4. The fraction of sp³-hybridized carbons (Fsp3) is 0.0741. The van der Waals surface area contributed by atoms with E-state index < -0.39 is 0 Å². The minimum Gasteiger partial charge on any atom is -0.324 e. The van der Waals surface area contributed by atoms with E-state index in [-0.39, 0.29) is 10.6 Å². The summed E-state index contributed by atoms with van der Waals surface area (Å²) in [6.07, 6.45) is 3.35. The number of nitro groups is 1. The zero-order valence-electron chi connectivity index (χ0n) is 18.8. The molecule has 0 N–H and O–H groups in total. The molecular weight excluding hydrogens is 462 g/mol. The molecule has 3 aromatic carbocycles. The Morgan fingerprint density at radius 1 is 0.914 bits per heavy atom. The van der Waals surface area contributed by atoms with E-state index in [1.165, 1.54) is 0 Å². The van der Waals surface area contributed by atoms with Crippen molar-refractivity contribution >= 4 is 50.1 Å². The van der Waals surface area contributed by atoms with Crippen LogP contribution in [0, 0.1) is 17.0 Å². The lowest BCUT2D eigenvalue weighted by atomic mass is 10.1. The van der Waals surface area contributed by atoms with Crippen molar-refractivity contribution in [3.05, 3.63) is 118 Å². The smallest absolute Gasteiger partial charge is 0.299 e. The van der Waals surface area contributed by atoms with Gasteiger partial charge in [0, 0.05) is 22.5 Å². The first kappa shape index (κ1) is 22.4. The summed E-state index contributed by atoms with van der Waals surface area (Å²) in [4.78, 5) is 24.0. The second-order valence-electron chi connectivity index (χ2n) is 8.03. The molecule has 35 heavy (non-hydrogen) atoms. The molecule has 0 spiro atoms. The topological polar surface area (TPSA) is 86.7 Å². The minimum atomic E-state index is -0.372. The summed E-state index contributed by atoms with van der Waals surface area (Å²) in [5.74, 6) is 0. The van der Waals surface area contributed by atoms with Crippen LogP contribution in [-0.2, 0) is 6.54 Å². The number of hydrogen-bond donors (Lipinski definition) is 0. The Hall–Kier alpha value is -4.36. The van der Waals surface area contributed by atoms with E-state index in [4.69, 9.17) is 11.6 Å². The summed E-state index contributed by atoms with van der Waals surface area (Å²) in [5, 5.41) is 14.2. The summed E-state index contributed by atoms with van der Waals surface area (Å²) < 4.78 is 1.89. The van der Waals surface area contributed by atoms with Crippen LogP contribution >= 0.6 is 11.6 Å². The number of aryl methyl sites for hydroxylation is 1. The summed E-state index contributed by atoms with van der Waals surface area (Å²) in [7, 11) is 0. The number of hydrogen-bond acceptors (Lipinski definition) is 5. The van der Waals surface area contributed by atoms with Crippen LogP contribution in [-0.4, -0.2) is 24.4 Å². The molecule has 7 nitrogen and oxygen atoms in total. The Morgan fingerprint density at radius 2 is 1.69 bits per heavy atom. The molecule has 0 aliphatic rings. The lowest BCUT2D eigenvalue weighted by molar-refractivity contribution is -0.383. The van der Waals surface area contributed by atoms with Crippen LogP contribution in [0.25, 0.3) is 32.8 Å². The molecule has 172 valence electrons. The largest absolute Gasteiger partial charge is 0.324 e.